The molecule has 1 heteroatoms. The average molecular weight is 188 g/mol. The maximum Gasteiger partial charge on any atom is 0.137 e. The summed E-state index contributed by atoms with van der Waals surface area (Å²) in [6.45, 7) is 0. The summed E-state index contributed by atoms with van der Waals surface area (Å²) in [5, 5.41) is 0. The highest BCUT2D eigenvalue weighted by Gasteiger charge is 2.34. The number of ketones is 1. The minimum absolute atomic E-state index is 0.459. The molecule has 0 spiro atoms. The molecule has 1 fully saturated rings. The van der Waals surface area contributed by atoms with Crippen molar-refractivity contribution >= 4 is 5.78 Å². The lowest BCUT2D eigenvalue weighted by molar-refractivity contribution is -0.117. The fourth-order valence-electron chi connectivity index (χ4n) is 3.21. The number of hydrogen-bond donors (Lipinski definition) is 0. The van der Waals surface area contributed by atoms with Crippen LogP contribution in [0.5, 0.6) is 0 Å². The molecule has 0 saturated heterocycles. The highest BCUT2D eigenvalue weighted by molar-refractivity contribution is 5.85. The van der Waals surface area contributed by atoms with Crippen LogP contribution in [0.25, 0.3) is 0 Å². The maximum atomic E-state index is 11.4. The highest BCUT2D eigenvalue weighted by Crippen LogP contribution is 2.44. The van der Waals surface area contributed by atoms with Gasteiger partial charge in [-0.3, -0.25) is 4.79 Å². The maximum absolute atomic E-state index is 11.4. The lowest BCUT2D eigenvalue weighted by atomic mass is 9.75. The van der Waals surface area contributed by atoms with E-state index >= 15 is 0 Å². The van der Waals surface area contributed by atoms with Crippen molar-refractivity contribution in [3.63, 3.8) is 0 Å². The number of carbonyl (C=O) groups is 1. The minimum Gasteiger partial charge on any atom is -0.299 e. The third kappa shape index (κ3) is 1.26. The molecule has 0 aliphatic heterocycles. The highest BCUT2D eigenvalue weighted by atomic mass is 16.1. The van der Waals surface area contributed by atoms with Gasteiger partial charge in [0.05, 0.1) is 0 Å². The molecule has 2 atom stereocenters. The number of hydrogen-bond acceptors (Lipinski definition) is 1. The molecule has 3 rings (SSSR count). The first-order chi connectivity index (χ1) is 6.83. The van der Waals surface area contributed by atoms with Crippen molar-refractivity contribution in [3.8, 4) is 0 Å². The molecule has 2 unspecified atom stereocenters. The number of allylic oxidation sites excluding steroid dienone is 4. The van der Waals surface area contributed by atoms with Gasteiger partial charge in [-0.15, -0.1) is 0 Å². The van der Waals surface area contributed by atoms with Gasteiger partial charge in [-0.05, 0) is 43.1 Å². The zero-order valence-corrected chi connectivity index (χ0v) is 8.46. The summed E-state index contributed by atoms with van der Waals surface area (Å²) >= 11 is 0. The normalized spacial score (nSPS) is 35.9. The van der Waals surface area contributed by atoms with Gasteiger partial charge in [0.15, 0.2) is 0 Å². The van der Waals surface area contributed by atoms with Crippen LogP contribution in [0.3, 0.4) is 0 Å². The van der Waals surface area contributed by atoms with Crippen LogP contribution in [0, 0.1) is 11.8 Å². The van der Waals surface area contributed by atoms with Crippen LogP contribution in [0.15, 0.2) is 23.3 Å². The van der Waals surface area contributed by atoms with Gasteiger partial charge in [0, 0.05) is 12.8 Å². The zero-order chi connectivity index (χ0) is 9.54. The minimum atomic E-state index is 0.459. The van der Waals surface area contributed by atoms with Crippen molar-refractivity contribution in [3.05, 3.63) is 23.3 Å². The van der Waals surface area contributed by atoms with Gasteiger partial charge in [0.2, 0.25) is 0 Å². The molecule has 0 aromatic rings. The zero-order valence-electron chi connectivity index (χ0n) is 8.46. The average Bonchev–Trinajstić information content (AvgIpc) is 2.53. The topological polar surface area (TPSA) is 17.1 Å². The Morgan fingerprint density at radius 3 is 3.14 bits per heavy atom. The third-order valence-electron chi connectivity index (χ3n) is 3.93. The first-order valence-electron chi connectivity index (χ1n) is 5.75. The molecule has 14 heavy (non-hydrogen) atoms. The Hall–Kier alpha value is -0.850. The quantitative estimate of drug-likeness (QED) is 0.571. The van der Waals surface area contributed by atoms with E-state index in [9.17, 15) is 4.79 Å². The molecule has 0 bridgehead atoms. The van der Waals surface area contributed by atoms with Gasteiger partial charge in [-0.25, -0.2) is 0 Å². The van der Waals surface area contributed by atoms with Crippen LogP contribution < -0.4 is 0 Å². The fraction of sp³-hybridized carbons (Fsp3) is 0.615. The molecular formula is C13H16O. The van der Waals surface area contributed by atoms with Crippen LogP contribution in [-0.4, -0.2) is 5.78 Å². The Morgan fingerprint density at radius 2 is 2.21 bits per heavy atom. The monoisotopic (exact) mass is 188 g/mol. The van der Waals surface area contributed by atoms with E-state index in [0.717, 1.165) is 18.8 Å². The van der Waals surface area contributed by atoms with Gasteiger partial charge < -0.3 is 0 Å². The molecule has 0 radical (unpaired) electrons. The lowest BCUT2D eigenvalue weighted by Crippen LogP contribution is -2.17. The Kier molecular flexibility index (Phi) is 1.86. The molecular weight excluding hydrogens is 172 g/mol. The fourth-order valence-corrected chi connectivity index (χ4v) is 3.21. The number of rotatable bonds is 0. The van der Waals surface area contributed by atoms with Crippen molar-refractivity contribution < 1.29 is 4.79 Å². The van der Waals surface area contributed by atoms with E-state index in [4.69, 9.17) is 0 Å². The van der Waals surface area contributed by atoms with Crippen LogP contribution in [0.4, 0.5) is 0 Å². The second-order valence-electron chi connectivity index (χ2n) is 4.90. The molecule has 1 nitrogen and oxygen atoms in total. The predicted molar refractivity (Wildman–Crippen MR) is 55.9 cm³/mol. The Balaban J connectivity index is 1.94. The smallest absolute Gasteiger partial charge is 0.137 e. The number of Topliss-reactive ketones (excluding diaryl/α,β-unsaturated/α-hetero) is 1. The van der Waals surface area contributed by atoms with E-state index in [-0.39, 0.29) is 0 Å². The van der Waals surface area contributed by atoms with Crippen molar-refractivity contribution in [1.82, 2.24) is 0 Å². The van der Waals surface area contributed by atoms with Crippen molar-refractivity contribution in [2.45, 2.75) is 38.5 Å². The van der Waals surface area contributed by atoms with E-state index in [2.05, 4.69) is 12.2 Å². The molecule has 0 N–H and O–H groups in total. The molecule has 1 saturated carbocycles. The van der Waals surface area contributed by atoms with Crippen LogP contribution in [-0.2, 0) is 4.79 Å². The first kappa shape index (κ1) is 8.46. The summed E-state index contributed by atoms with van der Waals surface area (Å²) in [6.07, 6.45) is 11.5. The van der Waals surface area contributed by atoms with E-state index in [1.54, 1.807) is 0 Å². The lowest BCUT2D eigenvalue weighted by Gasteiger charge is -2.30. The van der Waals surface area contributed by atoms with Crippen molar-refractivity contribution in [2.75, 3.05) is 0 Å². The van der Waals surface area contributed by atoms with Gasteiger partial charge in [-0.1, -0.05) is 17.7 Å². The predicted octanol–water partition coefficient (Wildman–Crippen LogP) is 3.02. The summed E-state index contributed by atoms with van der Waals surface area (Å²) in [5.74, 6) is 1.85. The van der Waals surface area contributed by atoms with Crippen molar-refractivity contribution in [1.29, 1.82) is 0 Å². The van der Waals surface area contributed by atoms with Gasteiger partial charge in [0.1, 0.15) is 5.78 Å². The Morgan fingerprint density at radius 1 is 1.29 bits per heavy atom. The second kappa shape index (κ2) is 3.08. The SMILES string of the molecule is O=C1CC2=CC3=CCCCC3CC2C1. The second-order valence-corrected chi connectivity index (χ2v) is 4.90. The molecule has 3 aliphatic carbocycles. The van der Waals surface area contributed by atoms with Gasteiger partial charge >= 0.3 is 0 Å². The molecule has 3 aliphatic rings. The summed E-state index contributed by atoms with van der Waals surface area (Å²) in [7, 11) is 0. The van der Waals surface area contributed by atoms with Crippen LogP contribution in [0.2, 0.25) is 0 Å². The third-order valence-corrected chi connectivity index (χ3v) is 3.93. The van der Waals surface area contributed by atoms with Crippen LogP contribution in [0.1, 0.15) is 38.5 Å². The molecule has 0 heterocycles. The van der Waals surface area contributed by atoms with Gasteiger partial charge in [0.25, 0.3) is 0 Å². The first-order valence-corrected chi connectivity index (χ1v) is 5.75. The van der Waals surface area contributed by atoms with E-state index in [1.165, 1.54) is 36.8 Å². The molecule has 0 aromatic carbocycles. The van der Waals surface area contributed by atoms with E-state index in [0.29, 0.717) is 11.7 Å². The Labute approximate surface area is 84.9 Å². The largest absolute Gasteiger partial charge is 0.299 e. The molecule has 0 aromatic heterocycles. The van der Waals surface area contributed by atoms with Crippen LogP contribution >= 0.6 is 0 Å². The summed E-state index contributed by atoms with van der Waals surface area (Å²) < 4.78 is 0. The summed E-state index contributed by atoms with van der Waals surface area (Å²) in [4.78, 5) is 11.4. The summed E-state index contributed by atoms with van der Waals surface area (Å²) in [6, 6.07) is 0. The van der Waals surface area contributed by atoms with Gasteiger partial charge in [-0.2, -0.15) is 0 Å². The Bertz CT molecular complexity index is 335. The number of carbonyl (C=O) groups excluding carboxylic acids is 1. The van der Waals surface area contributed by atoms with E-state index in [1.807, 2.05) is 0 Å². The summed E-state index contributed by atoms with van der Waals surface area (Å²) in [5.41, 5.74) is 2.97. The number of fused-ring (bicyclic) bond motifs is 2. The van der Waals surface area contributed by atoms with Crippen molar-refractivity contribution in [2.24, 2.45) is 11.8 Å². The molecule has 74 valence electrons. The standard InChI is InChI=1S/C13H16O/c14-13-7-11-5-9-3-1-2-4-10(9)6-12(11)8-13/h3,5,10,12H,1-2,4,6-8H2. The molecule has 0 amide bonds. The van der Waals surface area contributed by atoms with E-state index < -0.39 is 0 Å².